The molecule has 0 unspecified atom stereocenters. The molecular formula is C12H13F3O3. The van der Waals surface area contributed by atoms with Gasteiger partial charge in [-0.05, 0) is 17.7 Å². The van der Waals surface area contributed by atoms with Gasteiger partial charge in [0, 0.05) is 7.11 Å². The smallest absolute Gasteiger partial charge is 0.487 e. The molecule has 0 saturated heterocycles. The zero-order valence-corrected chi connectivity index (χ0v) is 9.79. The van der Waals surface area contributed by atoms with E-state index >= 15 is 0 Å². The Morgan fingerprint density at radius 2 is 1.94 bits per heavy atom. The van der Waals surface area contributed by atoms with E-state index in [1.807, 2.05) is 0 Å². The molecule has 0 fully saturated rings. The molecule has 0 saturated carbocycles. The van der Waals surface area contributed by atoms with Crippen LogP contribution in [0.25, 0.3) is 6.08 Å². The van der Waals surface area contributed by atoms with Crippen LogP contribution in [0.4, 0.5) is 13.2 Å². The van der Waals surface area contributed by atoms with Crippen molar-refractivity contribution in [2.24, 2.45) is 0 Å². The highest BCUT2D eigenvalue weighted by molar-refractivity contribution is 5.54. The minimum Gasteiger partial charge on any atom is -0.487 e. The highest BCUT2D eigenvalue weighted by Crippen LogP contribution is 2.33. The molecule has 1 aromatic carbocycles. The van der Waals surface area contributed by atoms with Gasteiger partial charge in [0.15, 0.2) is 11.5 Å². The lowest BCUT2D eigenvalue weighted by atomic mass is 10.2. The Morgan fingerprint density at radius 3 is 2.50 bits per heavy atom. The molecule has 1 aromatic rings. The Bertz CT molecular complexity index is 402. The van der Waals surface area contributed by atoms with Crippen molar-refractivity contribution in [3.8, 4) is 11.5 Å². The van der Waals surface area contributed by atoms with Gasteiger partial charge in [-0.15, -0.1) is 13.2 Å². The first-order valence-electron chi connectivity index (χ1n) is 5.10. The molecule has 6 heteroatoms. The second-order valence-electron chi connectivity index (χ2n) is 3.30. The van der Waals surface area contributed by atoms with Crippen molar-refractivity contribution >= 4 is 6.08 Å². The zero-order valence-electron chi connectivity index (χ0n) is 9.79. The molecule has 100 valence electrons. The van der Waals surface area contributed by atoms with Gasteiger partial charge in [0.1, 0.15) is 6.61 Å². The van der Waals surface area contributed by atoms with Crippen LogP contribution in [0.2, 0.25) is 0 Å². The minimum absolute atomic E-state index is 0.00164. The highest BCUT2D eigenvalue weighted by atomic mass is 19.4. The molecule has 18 heavy (non-hydrogen) atoms. The van der Waals surface area contributed by atoms with Gasteiger partial charge in [-0.2, -0.15) is 0 Å². The number of halogens is 3. The van der Waals surface area contributed by atoms with E-state index < -0.39 is 6.36 Å². The van der Waals surface area contributed by atoms with Crippen LogP contribution in [0, 0.1) is 0 Å². The summed E-state index contributed by atoms with van der Waals surface area (Å²) in [5.74, 6) is -0.383. The van der Waals surface area contributed by atoms with Crippen molar-refractivity contribution in [1.29, 1.82) is 0 Å². The van der Waals surface area contributed by atoms with Gasteiger partial charge in [-0.25, -0.2) is 0 Å². The molecule has 0 radical (unpaired) electrons. The Labute approximate surface area is 103 Å². The van der Waals surface area contributed by atoms with Crippen molar-refractivity contribution in [2.75, 3.05) is 20.3 Å². The summed E-state index contributed by atoms with van der Waals surface area (Å²) in [4.78, 5) is 0. The molecule has 0 heterocycles. The third-order valence-electron chi connectivity index (χ3n) is 1.97. The zero-order chi connectivity index (χ0) is 13.6. The predicted molar refractivity (Wildman–Crippen MR) is 60.6 cm³/mol. The first-order chi connectivity index (χ1) is 8.46. The second-order valence-corrected chi connectivity index (χ2v) is 3.30. The van der Waals surface area contributed by atoms with Crippen molar-refractivity contribution in [2.45, 2.75) is 6.36 Å². The van der Waals surface area contributed by atoms with Gasteiger partial charge in [0.25, 0.3) is 0 Å². The number of hydrogen-bond acceptors (Lipinski definition) is 3. The molecule has 0 amide bonds. The maximum atomic E-state index is 12.2. The molecule has 3 nitrogen and oxygen atoms in total. The lowest BCUT2D eigenvalue weighted by Crippen LogP contribution is -2.18. The average molecular weight is 262 g/mol. The summed E-state index contributed by atoms with van der Waals surface area (Å²) in [6.07, 6.45) is -3.25. The largest absolute Gasteiger partial charge is 0.573 e. The van der Waals surface area contributed by atoms with Gasteiger partial charge in [0.05, 0.1) is 6.61 Å². The van der Waals surface area contributed by atoms with E-state index in [1.165, 1.54) is 31.4 Å². The number of ether oxygens (including phenoxy) is 3. The maximum Gasteiger partial charge on any atom is 0.573 e. The van der Waals surface area contributed by atoms with Crippen LogP contribution in [0.5, 0.6) is 11.5 Å². The van der Waals surface area contributed by atoms with E-state index in [4.69, 9.17) is 9.47 Å². The maximum absolute atomic E-state index is 12.2. The normalized spacial score (nSPS) is 11.1. The fourth-order valence-corrected chi connectivity index (χ4v) is 1.21. The fourth-order valence-electron chi connectivity index (χ4n) is 1.21. The summed E-state index contributed by atoms with van der Waals surface area (Å²) in [6, 6.07) is 4.06. The van der Waals surface area contributed by atoms with Gasteiger partial charge < -0.3 is 14.2 Å². The van der Waals surface area contributed by atoms with Crippen LogP contribution in [-0.4, -0.2) is 26.7 Å². The number of alkyl halides is 3. The van der Waals surface area contributed by atoms with Crippen LogP contribution in [-0.2, 0) is 4.74 Å². The third kappa shape index (κ3) is 4.67. The quantitative estimate of drug-likeness (QED) is 0.736. The van der Waals surface area contributed by atoms with Crippen LogP contribution < -0.4 is 9.47 Å². The predicted octanol–water partition coefficient (Wildman–Crippen LogP) is 3.25. The van der Waals surface area contributed by atoms with Gasteiger partial charge in [-0.1, -0.05) is 18.7 Å². The molecule has 0 aromatic heterocycles. The molecule has 1 rings (SSSR count). The molecule has 0 aliphatic heterocycles. The standard InChI is InChI=1S/C12H13F3O3/c1-3-9-4-5-10(18-12(13,14)15)11(8-9)17-7-6-16-2/h3-5,8H,1,6-7H2,2H3. The summed E-state index contributed by atoms with van der Waals surface area (Å²) in [5, 5.41) is 0. The van der Waals surface area contributed by atoms with E-state index in [-0.39, 0.29) is 24.7 Å². The molecule has 0 bridgehead atoms. The number of benzene rings is 1. The first-order valence-corrected chi connectivity index (χ1v) is 5.10. The molecular weight excluding hydrogens is 249 g/mol. The lowest BCUT2D eigenvalue weighted by molar-refractivity contribution is -0.275. The minimum atomic E-state index is -4.75. The van der Waals surface area contributed by atoms with Crippen molar-refractivity contribution in [3.05, 3.63) is 30.3 Å². The Hall–Kier alpha value is -1.69. The van der Waals surface area contributed by atoms with Crippen LogP contribution >= 0.6 is 0 Å². The van der Waals surface area contributed by atoms with E-state index in [0.717, 1.165) is 0 Å². The molecule has 0 N–H and O–H groups in total. The first kappa shape index (κ1) is 14.4. The van der Waals surface area contributed by atoms with Gasteiger partial charge in [0.2, 0.25) is 0 Å². The summed E-state index contributed by atoms with van der Waals surface area (Å²) in [7, 11) is 1.47. The molecule has 0 aliphatic carbocycles. The summed E-state index contributed by atoms with van der Waals surface area (Å²) < 4.78 is 50.3. The second kappa shape index (κ2) is 6.30. The SMILES string of the molecule is C=Cc1ccc(OC(F)(F)F)c(OCCOC)c1. The van der Waals surface area contributed by atoms with E-state index in [2.05, 4.69) is 11.3 Å². The summed E-state index contributed by atoms with van der Waals surface area (Å²) >= 11 is 0. The van der Waals surface area contributed by atoms with Gasteiger partial charge in [-0.3, -0.25) is 0 Å². The molecule has 0 atom stereocenters. The Kier molecular flexibility index (Phi) is 5.03. The number of rotatable bonds is 6. The summed E-state index contributed by atoms with van der Waals surface area (Å²) in [5.41, 5.74) is 0.636. The van der Waals surface area contributed by atoms with Crippen molar-refractivity contribution in [3.63, 3.8) is 0 Å². The van der Waals surface area contributed by atoms with Crippen molar-refractivity contribution in [1.82, 2.24) is 0 Å². The average Bonchev–Trinajstić information content (AvgIpc) is 2.29. The van der Waals surface area contributed by atoms with E-state index in [0.29, 0.717) is 5.56 Å². The van der Waals surface area contributed by atoms with E-state index in [1.54, 1.807) is 0 Å². The topological polar surface area (TPSA) is 27.7 Å². The fraction of sp³-hybridized carbons (Fsp3) is 0.333. The van der Waals surface area contributed by atoms with Crippen LogP contribution in [0.1, 0.15) is 5.56 Å². The van der Waals surface area contributed by atoms with Crippen LogP contribution in [0.3, 0.4) is 0 Å². The lowest BCUT2D eigenvalue weighted by Gasteiger charge is -2.14. The van der Waals surface area contributed by atoms with Crippen molar-refractivity contribution < 1.29 is 27.4 Å². The molecule has 0 aliphatic rings. The Balaban J connectivity index is 2.89. The van der Waals surface area contributed by atoms with Crippen LogP contribution in [0.15, 0.2) is 24.8 Å². The number of methoxy groups -OCH3 is 1. The monoisotopic (exact) mass is 262 g/mol. The van der Waals surface area contributed by atoms with E-state index in [9.17, 15) is 13.2 Å². The number of hydrogen-bond donors (Lipinski definition) is 0. The van der Waals surface area contributed by atoms with Gasteiger partial charge >= 0.3 is 6.36 Å². The molecule has 0 spiro atoms. The third-order valence-corrected chi connectivity index (χ3v) is 1.97. The summed E-state index contributed by atoms with van der Waals surface area (Å²) in [6.45, 7) is 3.93. The highest BCUT2D eigenvalue weighted by Gasteiger charge is 2.32. The Morgan fingerprint density at radius 1 is 1.22 bits per heavy atom.